The quantitative estimate of drug-likeness (QED) is 0.266. The van der Waals surface area contributed by atoms with Crippen molar-refractivity contribution in [1.29, 1.82) is 0 Å². The fourth-order valence-electron chi connectivity index (χ4n) is 3.82. The van der Waals surface area contributed by atoms with Gasteiger partial charge in [0.15, 0.2) is 23.7 Å². The molecule has 0 N–H and O–H groups in total. The highest BCUT2D eigenvalue weighted by atomic mass is 35.5. The van der Waals surface area contributed by atoms with Crippen LogP contribution in [0.5, 0.6) is 5.75 Å². The van der Waals surface area contributed by atoms with E-state index in [0.717, 1.165) is 44.9 Å². The Labute approximate surface area is 195 Å². The molecule has 33 heavy (non-hydrogen) atoms. The van der Waals surface area contributed by atoms with Gasteiger partial charge in [-0.2, -0.15) is 0 Å². The number of para-hydroxylation sites is 2. The van der Waals surface area contributed by atoms with Gasteiger partial charge in [0.05, 0.1) is 24.4 Å². The van der Waals surface area contributed by atoms with E-state index >= 15 is 0 Å². The molecule has 0 amide bonds. The van der Waals surface area contributed by atoms with Crippen LogP contribution in [-0.2, 0) is 11.4 Å². The zero-order valence-corrected chi connectivity index (χ0v) is 19.1. The van der Waals surface area contributed by atoms with Crippen LogP contribution in [0.4, 0.5) is 0 Å². The maximum Gasteiger partial charge on any atom is 0.192 e. The largest absolute Gasteiger partial charge is 0.495 e. The van der Waals surface area contributed by atoms with Crippen LogP contribution in [0.1, 0.15) is 22.6 Å². The number of aromatic nitrogens is 5. The second-order valence-electron chi connectivity index (χ2n) is 7.52. The molecule has 0 saturated carbocycles. The topological polar surface area (TPSA) is 78.8 Å². The van der Waals surface area contributed by atoms with Crippen molar-refractivity contribution in [3.8, 4) is 11.4 Å². The van der Waals surface area contributed by atoms with Gasteiger partial charge in [-0.05, 0) is 49.2 Å². The summed E-state index contributed by atoms with van der Waals surface area (Å²) in [7, 11) is 1.67. The maximum absolute atomic E-state index is 5.90. The number of benzene rings is 2. The maximum atomic E-state index is 5.90. The Balaban J connectivity index is 1.48. The van der Waals surface area contributed by atoms with E-state index in [2.05, 4.69) is 33.7 Å². The lowest BCUT2D eigenvalue weighted by molar-refractivity contribution is 0.126. The van der Waals surface area contributed by atoms with E-state index in [1.807, 2.05) is 36.4 Å². The van der Waals surface area contributed by atoms with E-state index in [-0.39, 0.29) is 6.61 Å². The number of hydrogen-bond donors (Lipinski definition) is 0. The van der Waals surface area contributed by atoms with Crippen molar-refractivity contribution in [2.24, 2.45) is 5.16 Å². The fraction of sp³-hybridized carbons (Fsp3) is 0.167. The number of methoxy groups -OCH3 is 1. The Hall–Kier alpha value is -3.91. The summed E-state index contributed by atoms with van der Waals surface area (Å²) in [6.45, 7) is 4.26. The molecule has 3 aromatic heterocycles. The molecule has 5 aromatic rings. The van der Waals surface area contributed by atoms with Crippen LogP contribution in [0.25, 0.3) is 22.4 Å². The molecule has 5 rings (SSSR count). The van der Waals surface area contributed by atoms with Crippen molar-refractivity contribution >= 4 is 34.5 Å². The van der Waals surface area contributed by atoms with E-state index in [0.29, 0.717) is 10.8 Å². The first-order valence-corrected chi connectivity index (χ1v) is 10.7. The molecule has 3 heterocycles. The number of oxime groups is 1. The molecule has 0 saturated heterocycles. The van der Waals surface area contributed by atoms with Gasteiger partial charge in [0.2, 0.25) is 0 Å². The molecule has 8 nitrogen and oxygen atoms in total. The number of nitrogens with zero attached hydrogens (tertiary/aromatic N) is 6. The lowest BCUT2D eigenvalue weighted by Gasteiger charge is -2.12. The summed E-state index contributed by atoms with van der Waals surface area (Å²) in [4.78, 5) is 14.8. The highest BCUT2D eigenvalue weighted by molar-refractivity contribution is 6.30. The minimum Gasteiger partial charge on any atom is -0.495 e. The minimum absolute atomic E-state index is 0.137. The molecule has 0 fully saturated rings. The number of rotatable bonds is 6. The van der Waals surface area contributed by atoms with E-state index < -0.39 is 0 Å². The molecule has 0 unspecified atom stereocenters. The Bertz CT molecular complexity index is 1490. The standard InChI is InChI=1S/C24H21ClN6O2/c1-15-16(2)31(19-6-4-5-7-20(19)32-3)23-22(15)24-28-21(29-30(24)14-26-23)13-33-27-12-17-8-10-18(25)11-9-17/h4-12,14H,13H2,1-3H3/b27-12+. The summed E-state index contributed by atoms with van der Waals surface area (Å²) in [6, 6.07) is 15.2. The highest BCUT2D eigenvalue weighted by Crippen LogP contribution is 2.33. The second kappa shape index (κ2) is 8.55. The van der Waals surface area contributed by atoms with Crippen molar-refractivity contribution in [3.63, 3.8) is 0 Å². The lowest BCUT2D eigenvalue weighted by atomic mass is 10.2. The molecular weight excluding hydrogens is 440 g/mol. The first-order chi connectivity index (χ1) is 16.1. The van der Waals surface area contributed by atoms with E-state index in [1.165, 1.54) is 0 Å². The van der Waals surface area contributed by atoms with Crippen LogP contribution < -0.4 is 4.74 Å². The minimum atomic E-state index is 0.137. The monoisotopic (exact) mass is 460 g/mol. The Morgan fingerprint density at radius 1 is 1.06 bits per heavy atom. The highest BCUT2D eigenvalue weighted by Gasteiger charge is 2.20. The van der Waals surface area contributed by atoms with Crippen LogP contribution in [0, 0.1) is 13.8 Å². The van der Waals surface area contributed by atoms with Gasteiger partial charge in [-0.15, -0.1) is 5.10 Å². The molecular formula is C24H21ClN6O2. The fourth-order valence-corrected chi connectivity index (χ4v) is 3.94. The molecule has 0 radical (unpaired) electrons. The van der Waals surface area contributed by atoms with Crippen molar-refractivity contribution in [2.45, 2.75) is 20.5 Å². The van der Waals surface area contributed by atoms with Gasteiger partial charge < -0.3 is 9.57 Å². The summed E-state index contributed by atoms with van der Waals surface area (Å²) >= 11 is 5.90. The Morgan fingerprint density at radius 3 is 2.64 bits per heavy atom. The third-order valence-corrected chi connectivity index (χ3v) is 5.79. The molecule has 0 atom stereocenters. The van der Waals surface area contributed by atoms with Crippen LogP contribution in [0.3, 0.4) is 0 Å². The van der Waals surface area contributed by atoms with Crippen molar-refractivity contribution < 1.29 is 9.57 Å². The molecule has 166 valence electrons. The molecule has 0 bridgehead atoms. The average molecular weight is 461 g/mol. The third kappa shape index (κ3) is 3.78. The first kappa shape index (κ1) is 21.0. The lowest BCUT2D eigenvalue weighted by Crippen LogP contribution is -2.01. The van der Waals surface area contributed by atoms with Gasteiger partial charge >= 0.3 is 0 Å². The summed E-state index contributed by atoms with van der Waals surface area (Å²) in [6.07, 6.45) is 3.28. The van der Waals surface area contributed by atoms with Crippen molar-refractivity contribution in [1.82, 2.24) is 24.1 Å². The van der Waals surface area contributed by atoms with Crippen LogP contribution in [0.15, 0.2) is 60.0 Å². The smallest absolute Gasteiger partial charge is 0.192 e. The predicted molar refractivity (Wildman–Crippen MR) is 127 cm³/mol. The number of hydrogen-bond acceptors (Lipinski definition) is 6. The SMILES string of the molecule is COc1ccccc1-n1c(C)c(C)c2c1ncn1nc(CO/N=C/c3ccc(Cl)cc3)nc21. The van der Waals surface area contributed by atoms with Gasteiger partial charge in [0.25, 0.3) is 0 Å². The number of aryl methyl sites for hydroxylation is 1. The van der Waals surface area contributed by atoms with Crippen molar-refractivity contribution in [3.05, 3.63) is 82.5 Å². The van der Waals surface area contributed by atoms with E-state index in [4.69, 9.17) is 26.2 Å². The number of fused-ring (bicyclic) bond motifs is 3. The summed E-state index contributed by atoms with van der Waals surface area (Å²) < 4.78 is 9.34. The van der Waals surface area contributed by atoms with Crippen molar-refractivity contribution in [2.75, 3.05) is 7.11 Å². The second-order valence-corrected chi connectivity index (χ2v) is 7.95. The van der Waals surface area contributed by atoms with Gasteiger partial charge in [-0.1, -0.05) is 41.0 Å². The Kier molecular flexibility index (Phi) is 5.43. The predicted octanol–water partition coefficient (Wildman–Crippen LogP) is 4.90. The number of halogens is 1. The van der Waals surface area contributed by atoms with Gasteiger partial charge in [0.1, 0.15) is 12.1 Å². The third-order valence-electron chi connectivity index (χ3n) is 5.54. The van der Waals surface area contributed by atoms with Gasteiger partial charge in [0, 0.05) is 10.7 Å². The molecule has 9 heteroatoms. The number of ether oxygens (including phenoxy) is 1. The average Bonchev–Trinajstić information content (AvgIpc) is 3.36. The molecule has 0 aliphatic rings. The van der Waals surface area contributed by atoms with Crippen LogP contribution in [-0.4, -0.2) is 37.5 Å². The normalized spacial score (nSPS) is 11.6. The first-order valence-electron chi connectivity index (χ1n) is 10.3. The van der Waals surface area contributed by atoms with Gasteiger partial charge in [-0.25, -0.2) is 14.5 Å². The van der Waals surface area contributed by atoms with E-state index in [1.54, 1.807) is 36.3 Å². The molecule has 0 aliphatic heterocycles. The summed E-state index contributed by atoms with van der Waals surface area (Å²) in [5.74, 6) is 1.29. The van der Waals surface area contributed by atoms with E-state index in [9.17, 15) is 0 Å². The zero-order valence-electron chi connectivity index (χ0n) is 18.4. The molecule has 0 spiro atoms. The van der Waals surface area contributed by atoms with Crippen LogP contribution >= 0.6 is 11.6 Å². The zero-order chi connectivity index (χ0) is 22.9. The molecule has 2 aromatic carbocycles. The van der Waals surface area contributed by atoms with Crippen LogP contribution in [0.2, 0.25) is 5.02 Å². The Morgan fingerprint density at radius 2 is 1.85 bits per heavy atom. The molecule has 0 aliphatic carbocycles. The van der Waals surface area contributed by atoms with Gasteiger partial charge in [-0.3, -0.25) is 4.57 Å². The summed E-state index contributed by atoms with van der Waals surface area (Å²) in [5.41, 5.74) is 5.46. The summed E-state index contributed by atoms with van der Waals surface area (Å²) in [5, 5.41) is 10.1.